The molecule has 0 saturated carbocycles. The van der Waals surface area contributed by atoms with Crippen molar-refractivity contribution in [2.45, 2.75) is 25.7 Å². The lowest BCUT2D eigenvalue weighted by Crippen LogP contribution is -2.38. The average Bonchev–Trinajstić information content (AvgIpc) is 2.83. The number of methoxy groups -OCH3 is 1. The predicted molar refractivity (Wildman–Crippen MR) is 119 cm³/mol. The van der Waals surface area contributed by atoms with E-state index >= 15 is 0 Å². The maximum Gasteiger partial charge on any atom is 0.406 e. The van der Waals surface area contributed by atoms with Gasteiger partial charge in [-0.3, -0.25) is 13.8 Å². The van der Waals surface area contributed by atoms with Crippen LogP contribution in [0.1, 0.15) is 16.7 Å². The molecule has 162 valence electrons. The Hall–Kier alpha value is -2.76. The summed E-state index contributed by atoms with van der Waals surface area (Å²) in [6.07, 6.45) is 0.279. The van der Waals surface area contributed by atoms with E-state index in [1.807, 2.05) is 91.0 Å². The summed E-state index contributed by atoms with van der Waals surface area (Å²) in [5.74, 6) is -0.546. The van der Waals surface area contributed by atoms with Gasteiger partial charge >= 0.3 is 13.7 Å². The van der Waals surface area contributed by atoms with Crippen LogP contribution in [0.5, 0.6) is 0 Å². The minimum Gasteiger partial charge on any atom is -0.468 e. The quantitative estimate of drug-likeness (QED) is 0.338. The van der Waals surface area contributed by atoms with Crippen LogP contribution in [-0.2, 0) is 42.8 Å². The van der Waals surface area contributed by atoms with Crippen molar-refractivity contribution in [1.82, 2.24) is 5.09 Å². The fraction of sp³-hybridized carbons (Fsp3) is 0.208. The van der Waals surface area contributed by atoms with Crippen molar-refractivity contribution in [3.63, 3.8) is 0 Å². The van der Waals surface area contributed by atoms with Gasteiger partial charge in [0.05, 0.1) is 20.3 Å². The third-order valence-electron chi connectivity index (χ3n) is 4.57. The summed E-state index contributed by atoms with van der Waals surface area (Å²) in [6.45, 7) is 0.137. The molecule has 0 unspecified atom stereocenters. The second-order valence-electron chi connectivity index (χ2n) is 6.91. The van der Waals surface area contributed by atoms with Gasteiger partial charge in [0.2, 0.25) is 0 Å². The summed E-state index contributed by atoms with van der Waals surface area (Å²) in [7, 11) is -2.57. The largest absolute Gasteiger partial charge is 0.468 e. The molecule has 3 aromatic carbocycles. The van der Waals surface area contributed by atoms with Crippen LogP contribution in [0.4, 0.5) is 0 Å². The normalized spacial score (nSPS) is 12.3. The van der Waals surface area contributed by atoms with Crippen LogP contribution < -0.4 is 5.09 Å². The highest BCUT2D eigenvalue weighted by atomic mass is 31.2. The van der Waals surface area contributed by atoms with E-state index < -0.39 is 19.8 Å². The maximum atomic E-state index is 13.6. The number of hydrogen-bond donors (Lipinski definition) is 1. The van der Waals surface area contributed by atoms with Gasteiger partial charge in [-0.2, -0.15) is 0 Å². The molecule has 0 fully saturated rings. The Balaban J connectivity index is 1.77. The van der Waals surface area contributed by atoms with Gasteiger partial charge in [0.1, 0.15) is 6.04 Å². The van der Waals surface area contributed by atoms with Gasteiger partial charge in [0.25, 0.3) is 0 Å². The standard InChI is InChI=1S/C24H26NO5P/c1-28-24(26)23(17-20-11-5-2-6-12-20)25-31(27,29-18-21-13-7-3-8-14-21)30-19-22-15-9-4-10-16-22/h2-16,23H,17-19H2,1H3,(H,25,27)/t23-/m0/s1. The summed E-state index contributed by atoms with van der Waals surface area (Å²) >= 11 is 0. The zero-order valence-corrected chi connectivity index (χ0v) is 18.2. The fourth-order valence-electron chi connectivity index (χ4n) is 2.94. The molecule has 0 aliphatic carbocycles. The monoisotopic (exact) mass is 439 g/mol. The van der Waals surface area contributed by atoms with E-state index in [1.165, 1.54) is 7.11 Å². The molecule has 1 N–H and O–H groups in total. The molecule has 3 rings (SSSR count). The first-order chi connectivity index (χ1) is 15.1. The van der Waals surface area contributed by atoms with Gasteiger partial charge in [-0.15, -0.1) is 0 Å². The Morgan fingerprint density at radius 1 is 0.774 bits per heavy atom. The predicted octanol–water partition coefficient (Wildman–Crippen LogP) is 4.90. The molecule has 6 nitrogen and oxygen atoms in total. The number of ether oxygens (including phenoxy) is 1. The average molecular weight is 439 g/mol. The second-order valence-corrected chi connectivity index (χ2v) is 8.68. The molecule has 3 aromatic rings. The molecule has 31 heavy (non-hydrogen) atoms. The number of carbonyl (C=O) groups is 1. The summed E-state index contributed by atoms with van der Waals surface area (Å²) in [5, 5.41) is 2.81. The molecule has 0 heterocycles. The highest BCUT2D eigenvalue weighted by molar-refractivity contribution is 7.51. The minimum atomic E-state index is -3.86. The van der Waals surface area contributed by atoms with Crippen LogP contribution >= 0.6 is 7.75 Å². The van der Waals surface area contributed by atoms with Gasteiger partial charge in [-0.1, -0.05) is 91.0 Å². The molecule has 0 aliphatic rings. The zero-order chi connectivity index (χ0) is 21.9. The first-order valence-corrected chi connectivity index (χ1v) is 11.5. The molecular formula is C24H26NO5P. The molecule has 0 aliphatic heterocycles. The first-order valence-electron chi connectivity index (χ1n) is 9.94. The molecule has 0 radical (unpaired) electrons. The van der Waals surface area contributed by atoms with Gasteiger partial charge in [-0.25, -0.2) is 9.65 Å². The highest BCUT2D eigenvalue weighted by Gasteiger charge is 2.33. The highest BCUT2D eigenvalue weighted by Crippen LogP contribution is 2.46. The van der Waals surface area contributed by atoms with Crippen molar-refractivity contribution in [3.05, 3.63) is 108 Å². The number of esters is 1. The molecule has 0 bridgehead atoms. The summed E-state index contributed by atoms with van der Waals surface area (Å²) < 4.78 is 30.0. The topological polar surface area (TPSA) is 73.9 Å². The van der Waals surface area contributed by atoms with Crippen molar-refractivity contribution >= 4 is 13.7 Å². The number of hydrogen-bond acceptors (Lipinski definition) is 5. The molecule has 0 aromatic heterocycles. The number of nitrogens with one attached hydrogen (secondary N) is 1. The van der Waals surface area contributed by atoms with Crippen LogP contribution in [0.25, 0.3) is 0 Å². The Morgan fingerprint density at radius 3 is 1.61 bits per heavy atom. The van der Waals surface area contributed by atoms with Crippen LogP contribution in [0.3, 0.4) is 0 Å². The third kappa shape index (κ3) is 7.46. The Kier molecular flexibility index (Phi) is 8.56. The Morgan fingerprint density at radius 2 is 1.19 bits per heavy atom. The van der Waals surface area contributed by atoms with Gasteiger partial charge in [0, 0.05) is 0 Å². The Labute approximate surface area is 182 Å². The van der Waals surface area contributed by atoms with Crippen molar-refractivity contribution < 1.29 is 23.1 Å². The molecule has 0 spiro atoms. The minimum absolute atomic E-state index is 0.0686. The van der Waals surface area contributed by atoms with Gasteiger partial charge < -0.3 is 4.74 Å². The van der Waals surface area contributed by atoms with E-state index in [1.54, 1.807) is 0 Å². The van der Waals surface area contributed by atoms with Crippen LogP contribution in [0, 0.1) is 0 Å². The number of rotatable bonds is 11. The van der Waals surface area contributed by atoms with Crippen molar-refractivity contribution in [1.29, 1.82) is 0 Å². The van der Waals surface area contributed by atoms with E-state index in [9.17, 15) is 9.36 Å². The van der Waals surface area contributed by atoms with Crippen LogP contribution in [0.15, 0.2) is 91.0 Å². The van der Waals surface area contributed by atoms with Crippen LogP contribution in [-0.4, -0.2) is 19.1 Å². The molecular weight excluding hydrogens is 413 g/mol. The van der Waals surface area contributed by atoms with E-state index in [0.29, 0.717) is 0 Å². The molecule has 0 amide bonds. The number of carbonyl (C=O) groups excluding carboxylic acids is 1. The zero-order valence-electron chi connectivity index (χ0n) is 17.3. The van der Waals surface area contributed by atoms with Crippen molar-refractivity contribution in [3.8, 4) is 0 Å². The second kappa shape index (κ2) is 11.6. The lowest BCUT2D eigenvalue weighted by molar-refractivity contribution is -0.142. The lowest BCUT2D eigenvalue weighted by Gasteiger charge is -2.24. The van der Waals surface area contributed by atoms with Crippen molar-refractivity contribution in [2.24, 2.45) is 0 Å². The molecule has 0 saturated heterocycles. The smallest absolute Gasteiger partial charge is 0.406 e. The summed E-state index contributed by atoms with van der Waals surface area (Å²) in [5.41, 5.74) is 2.57. The first kappa shape index (κ1) is 22.9. The van der Waals surface area contributed by atoms with Gasteiger partial charge in [0.15, 0.2) is 0 Å². The van der Waals surface area contributed by atoms with Crippen molar-refractivity contribution in [2.75, 3.05) is 7.11 Å². The van der Waals surface area contributed by atoms with E-state index in [2.05, 4.69) is 5.09 Å². The van der Waals surface area contributed by atoms with Gasteiger partial charge in [-0.05, 0) is 23.1 Å². The summed E-state index contributed by atoms with van der Waals surface area (Å²) in [6, 6.07) is 27.2. The molecule has 1 atom stereocenters. The molecule has 7 heteroatoms. The van der Waals surface area contributed by atoms with Crippen LogP contribution in [0.2, 0.25) is 0 Å². The maximum absolute atomic E-state index is 13.6. The number of benzene rings is 3. The van der Waals surface area contributed by atoms with E-state index in [-0.39, 0.29) is 19.6 Å². The lowest BCUT2D eigenvalue weighted by atomic mass is 10.1. The van der Waals surface area contributed by atoms with E-state index in [4.69, 9.17) is 13.8 Å². The fourth-order valence-corrected chi connectivity index (χ4v) is 4.38. The SMILES string of the molecule is COC(=O)[C@H](Cc1ccccc1)NP(=O)(OCc1ccccc1)OCc1ccccc1. The Bertz CT molecular complexity index is 935. The third-order valence-corrected chi connectivity index (χ3v) is 6.14. The summed E-state index contributed by atoms with van der Waals surface area (Å²) in [4.78, 5) is 12.4. The van der Waals surface area contributed by atoms with E-state index in [0.717, 1.165) is 16.7 Å².